The predicted molar refractivity (Wildman–Crippen MR) is 120 cm³/mol. The van der Waals surface area contributed by atoms with Crippen LogP contribution in [0.2, 0.25) is 0 Å². The molecular weight excluding hydrogens is 407 g/mol. The van der Waals surface area contributed by atoms with Crippen LogP contribution in [-0.2, 0) is 11.4 Å². The second kappa shape index (κ2) is 10.8. The van der Waals surface area contributed by atoms with Gasteiger partial charge in [0.15, 0.2) is 11.5 Å². The highest BCUT2D eigenvalue weighted by atomic mass is 19.1. The van der Waals surface area contributed by atoms with Crippen LogP contribution in [0.5, 0.6) is 11.5 Å². The fourth-order valence-electron chi connectivity index (χ4n) is 3.10. The molecule has 1 amide bonds. The summed E-state index contributed by atoms with van der Waals surface area (Å²) in [5.41, 5.74) is 2.22. The number of carbonyl (C=O) groups excluding carboxylic acids is 1. The molecule has 1 N–H and O–H groups in total. The van der Waals surface area contributed by atoms with E-state index in [0.717, 1.165) is 5.56 Å². The third-order valence-electron chi connectivity index (χ3n) is 4.79. The quantitative estimate of drug-likeness (QED) is 0.394. The molecule has 0 unspecified atom stereocenters. The van der Waals surface area contributed by atoms with Crippen molar-refractivity contribution in [1.29, 1.82) is 5.26 Å². The highest BCUT2D eigenvalue weighted by Gasteiger charge is 2.14. The zero-order chi connectivity index (χ0) is 22.9. The Morgan fingerprint density at radius 1 is 1.09 bits per heavy atom. The van der Waals surface area contributed by atoms with Crippen molar-refractivity contribution >= 4 is 12.0 Å². The first-order chi connectivity index (χ1) is 15.5. The van der Waals surface area contributed by atoms with Crippen LogP contribution in [0.1, 0.15) is 29.7 Å². The summed E-state index contributed by atoms with van der Waals surface area (Å²) in [7, 11) is 1.50. The van der Waals surface area contributed by atoms with E-state index >= 15 is 0 Å². The van der Waals surface area contributed by atoms with Crippen molar-refractivity contribution in [1.82, 2.24) is 5.32 Å². The fraction of sp³-hybridized carbons (Fsp3) is 0.154. The van der Waals surface area contributed by atoms with E-state index in [1.165, 1.54) is 25.3 Å². The van der Waals surface area contributed by atoms with E-state index in [-0.39, 0.29) is 24.0 Å². The Bertz CT molecular complexity index is 1150. The van der Waals surface area contributed by atoms with Crippen molar-refractivity contribution in [2.24, 2.45) is 0 Å². The summed E-state index contributed by atoms with van der Waals surface area (Å²) < 4.78 is 24.5. The first-order valence-corrected chi connectivity index (χ1v) is 10.0. The molecule has 0 aliphatic carbocycles. The molecule has 5 nitrogen and oxygen atoms in total. The number of benzene rings is 3. The van der Waals surface area contributed by atoms with Gasteiger partial charge in [0.1, 0.15) is 24.1 Å². The van der Waals surface area contributed by atoms with Crippen molar-refractivity contribution in [3.05, 3.63) is 101 Å². The lowest BCUT2D eigenvalue weighted by Gasteiger charge is -2.14. The van der Waals surface area contributed by atoms with E-state index in [4.69, 9.17) is 9.47 Å². The van der Waals surface area contributed by atoms with Gasteiger partial charge < -0.3 is 14.8 Å². The van der Waals surface area contributed by atoms with Crippen molar-refractivity contribution in [2.45, 2.75) is 19.6 Å². The first-order valence-electron chi connectivity index (χ1n) is 10.0. The molecule has 6 heteroatoms. The van der Waals surface area contributed by atoms with Crippen molar-refractivity contribution in [2.75, 3.05) is 7.11 Å². The van der Waals surface area contributed by atoms with Gasteiger partial charge in [-0.05, 0) is 54.0 Å². The van der Waals surface area contributed by atoms with E-state index in [0.29, 0.717) is 22.6 Å². The first kappa shape index (κ1) is 22.6. The summed E-state index contributed by atoms with van der Waals surface area (Å²) in [6.45, 7) is 2.03. The molecule has 0 saturated carbocycles. The molecule has 0 bridgehead atoms. The maximum atomic E-state index is 13.3. The molecule has 162 valence electrons. The van der Waals surface area contributed by atoms with Crippen molar-refractivity contribution in [3.63, 3.8) is 0 Å². The minimum atomic E-state index is -0.464. The van der Waals surface area contributed by atoms with E-state index in [1.54, 1.807) is 30.3 Å². The summed E-state index contributed by atoms with van der Waals surface area (Å²) in [5, 5.41) is 12.3. The minimum Gasteiger partial charge on any atom is -0.493 e. The van der Waals surface area contributed by atoms with Crippen LogP contribution in [0.25, 0.3) is 6.08 Å². The fourth-order valence-corrected chi connectivity index (χ4v) is 3.10. The molecule has 3 rings (SSSR count). The van der Waals surface area contributed by atoms with Gasteiger partial charge in [0.05, 0.1) is 13.2 Å². The number of hydrogen-bond acceptors (Lipinski definition) is 4. The summed E-state index contributed by atoms with van der Waals surface area (Å²) in [4.78, 5) is 12.6. The number of amides is 1. The Morgan fingerprint density at radius 2 is 1.88 bits per heavy atom. The molecule has 3 aromatic carbocycles. The van der Waals surface area contributed by atoms with Crippen LogP contribution in [0.3, 0.4) is 0 Å². The Kier molecular flexibility index (Phi) is 7.60. The number of carbonyl (C=O) groups is 1. The van der Waals surface area contributed by atoms with E-state index in [9.17, 15) is 14.4 Å². The maximum Gasteiger partial charge on any atom is 0.262 e. The predicted octanol–water partition coefficient (Wildman–Crippen LogP) is 5.20. The van der Waals surface area contributed by atoms with Crippen LogP contribution in [0, 0.1) is 17.1 Å². The number of rotatable bonds is 8. The third kappa shape index (κ3) is 5.96. The number of nitrogens with zero attached hydrogens (tertiary/aromatic N) is 1. The van der Waals surface area contributed by atoms with Gasteiger partial charge >= 0.3 is 0 Å². The molecule has 0 heterocycles. The van der Waals surface area contributed by atoms with Gasteiger partial charge in [0.25, 0.3) is 5.91 Å². The third-order valence-corrected chi connectivity index (χ3v) is 4.79. The average Bonchev–Trinajstić information content (AvgIpc) is 2.82. The van der Waals surface area contributed by atoms with Crippen LogP contribution in [0.4, 0.5) is 4.39 Å². The summed E-state index contributed by atoms with van der Waals surface area (Å²) >= 11 is 0. The largest absolute Gasteiger partial charge is 0.493 e. The number of nitrogens with one attached hydrogen (secondary N) is 1. The second-order valence-corrected chi connectivity index (χ2v) is 7.10. The Morgan fingerprint density at radius 3 is 2.56 bits per heavy atom. The Labute approximate surface area is 186 Å². The van der Waals surface area contributed by atoms with Gasteiger partial charge in [0, 0.05) is 0 Å². The van der Waals surface area contributed by atoms with E-state index in [1.807, 2.05) is 43.3 Å². The lowest BCUT2D eigenvalue weighted by atomic mass is 10.1. The normalized spacial score (nSPS) is 11.9. The van der Waals surface area contributed by atoms with E-state index in [2.05, 4.69) is 5.32 Å². The molecule has 32 heavy (non-hydrogen) atoms. The molecule has 0 aliphatic heterocycles. The van der Waals surface area contributed by atoms with Gasteiger partial charge in [0.2, 0.25) is 0 Å². The topological polar surface area (TPSA) is 71.3 Å². The number of nitriles is 1. The van der Waals surface area contributed by atoms with Gasteiger partial charge in [-0.15, -0.1) is 0 Å². The molecule has 0 fully saturated rings. The summed E-state index contributed by atoms with van der Waals surface area (Å²) in [6.07, 6.45) is 1.49. The minimum absolute atomic E-state index is 0.0248. The maximum absolute atomic E-state index is 13.3. The zero-order valence-electron chi connectivity index (χ0n) is 17.8. The molecule has 1 atom stereocenters. The molecule has 0 aromatic heterocycles. The monoisotopic (exact) mass is 430 g/mol. The van der Waals surface area contributed by atoms with Crippen LogP contribution in [-0.4, -0.2) is 13.0 Å². The number of halogens is 1. The zero-order valence-corrected chi connectivity index (χ0v) is 17.8. The standard InChI is InChI=1S/C26H23FN2O3/c1-18(21-8-4-3-5-9-21)29-26(30)22(16-28)13-19-11-12-24(25(15-19)31-2)32-17-20-7-6-10-23(27)14-20/h3-15,18H,17H2,1-2H3,(H,29,30)/b22-13+/t18-/m1/s1. The molecule has 0 spiro atoms. The number of methoxy groups -OCH3 is 1. The van der Waals surface area contributed by atoms with Gasteiger partial charge in [-0.25, -0.2) is 4.39 Å². The molecule has 0 saturated heterocycles. The SMILES string of the molecule is COc1cc(/C=C(\C#N)C(=O)N[C@H](C)c2ccccc2)ccc1OCc1cccc(F)c1. The van der Waals surface area contributed by atoms with Gasteiger partial charge in [-0.2, -0.15) is 5.26 Å². The highest BCUT2D eigenvalue weighted by Crippen LogP contribution is 2.30. The van der Waals surface area contributed by atoms with Crippen LogP contribution < -0.4 is 14.8 Å². The molecule has 3 aromatic rings. The van der Waals surface area contributed by atoms with Crippen molar-refractivity contribution in [3.8, 4) is 17.6 Å². The lowest BCUT2D eigenvalue weighted by Crippen LogP contribution is -2.27. The van der Waals surface area contributed by atoms with E-state index < -0.39 is 5.91 Å². The van der Waals surface area contributed by atoms with Crippen LogP contribution >= 0.6 is 0 Å². The van der Waals surface area contributed by atoms with Gasteiger partial charge in [-0.1, -0.05) is 48.5 Å². The molecule has 0 aliphatic rings. The smallest absolute Gasteiger partial charge is 0.262 e. The number of hydrogen-bond donors (Lipinski definition) is 1. The summed E-state index contributed by atoms with van der Waals surface area (Å²) in [5.74, 6) is 0.108. The lowest BCUT2D eigenvalue weighted by molar-refractivity contribution is -0.117. The Hall–Kier alpha value is -4.11. The van der Waals surface area contributed by atoms with Crippen LogP contribution in [0.15, 0.2) is 78.4 Å². The van der Waals surface area contributed by atoms with Gasteiger partial charge in [-0.3, -0.25) is 4.79 Å². The number of ether oxygens (including phenoxy) is 2. The molecular formula is C26H23FN2O3. The highest BCUT2D eigenvalue weighted by molar-refractivity contribution is 6.01. The van der Waals surface area contributed by atoms with Crippen molar-refractivity contribution < 1.29 is 18.7 Å². The summed E-state index contributed by atoms with van der Waals surface area (Å²) in [6, 6.07) is 22.4. The Balaban J connectivity index is 1.73. The second-order valence-electron chi connectivity index (χ2n) is 7.10. The molecule has 0 radical (unpaired) electrons. The average molecular weight is 430 g/mol.